The van der Waals surface area contributed by atoms with E-state index >= 15 is 0 Å². The van der Waals surface area contributed by atoms with Crippen molar-refractivity contribution >= 4 is 5.91 Å². The summed E-state index contributed by atoms with van der Waals surface area (Å²) >= 11 is 0. The van der Waals surface area contributed by atoms with Crippen molar-refractivity contribution < 1.29 is 22.5 Å². The van der Waals surface area contributed by atoms with Crippen molar-refractivity contribution in [2.45, 2.75) is 50.9 Å². The Kier molecular flexibility index (Phi) is 4.31. The largest absolute Gasteiger partial charge is 0.406 e. The highest BCUT2D eigenvalue weighted by Crippen LogP contribution is 2.35. The molecule has 128 valence electrons. The lowest BCUT2D eigenvalue weighted by Crippen LogP contribution is -2.43. The monoisotopic (exact) mass is 332 g/mol. The average molecular weight is 332 g/mol. The van der Waals surface area contributed by atoms with E-state index in [0.717, 1.165) is 17.7 Å². The van der Waals surface area contributed by atoms with Crippen LogP contribution >= 0.6 is 0 Å². The Balaban J connectivity index is 1.72. The van der Waals surface area contributed by atoms with Gasteiger partial charge in [-0.1, -0.05) is 12.1 Å². The fourth-order valence-corrected chi connectivity index (χ4v) is 3.39. The molecule has 0 saturated carbocycles. The van der Waals surface area contributed by atoms with Crippen molar-refractivity contribution in [1.29, 1.82) is 0 Å². The number of likely N-dealkylation sites (tertiary alicyclic amines) is 2. The molecule has 1 aromatic rings. The van der Waals surface area contributed by atoms with E-state index in [9.17, 15) is 18.0 Å². The summed E-state index contributed by atoms with van der Waals surface area (Å²) in [6, 6.07) is -0.674. The molecule has 0 spiro atoms. The van der Waals surface area contributed by atoms with Crippen molar-refractivity contribution in [2.75, 3.05) is 19.6 Å². The standard InChI is InChI=1S/C14H19F3N4O2/c1-2-11-18-12(19-23-11)9-4-3-6-21(9)10-5-7-20(13(10)22)8-14(15,16)17/h9-10H,2-8H2,1H3. The summed E-state index contributed by atoms with van der Waals surface area (Å²) in [6.45, 7) is 1.53. The third-order valence-electron chi connectivity index (χ3n) is 4.42. The van der Waals surface area contributed by atoms with E-state index in [4.69, 9.17) is 4.52 Å². The highest BCUT2D eigenvalue weighted by atomic mass is 19.4. The summed E-state index contributed by atoms with van der Waals surface area (Å²) in [4.78, 5) is 19.5. The van der Waals surface area contributed by atoms with Crippen LogP contribution in [-0.4, -0.2) is 57.7 Å². The van der Waals surface area contributed by atoms with Crippen molar-refractivity contribution in [2.24, 2.45) is 0 Å². The number of hydrogen-bond acceptors (Lipinski definition) is 5. The quantitative estimate of drug-likeness (QED) is 0.843. The summed E-state index contributed by atoms with van der Waals surface area (Å²) in [6.07, 6.45) is -1.68. The minimum atomic E-state index is -4.36. The Hall–Kier alpha value is -1.64. The van der Waals surface area contributed by atoms with Gasteiger partial charge in [-0.3, -0.25) is 9.69 Å². The Bertz CT molecular complexity index is 575. The van der Waals surface area contributed by atoms with Crippen LogP contribution in [0.25, 0.3) is 0 Å². The number of hydrogen-bond donors (Lipinski definition) is 0. The predicted octanol–water partition coefficient (Wildman–Crippen LogP) is 1.93. The van der Waals surface area contributed by atoms with Crippen LogP contribution < -0.4 is 0 Å². The Morgan fingerprint density at radius 1 is 1.26 bits per heavy atom. The van der Waals surface area contributed by atoms with Gasteiger partial charge in [0.2, 0.25) is 11.8 Å². The van der Waals surface area contributed by atoms with Crippen molar-refractivity contribution in [1.82, 2.24) is 19.9 Å². The summed E-state index contributed by atoms with van der Waals surface area (Å²) in [5.41, 5.74) is 0. The number of alkyl halides is 3. The molecule has 9 heteroatoms. The van der Waals surface area contributed by atoms with Gasteiger partial charge in [-0.2, -0.15) is 18.2 Å². The van der Waals surface area contributed by atoms with Crippen LogP contribution in [0.4, 0.5) is 13.2 Å². The SMILES string of the molecule is CCc1nc(C2CCCN2C2CCN(CC(F)(F)F)C2=O)no1. The first-order valence-electron chi connectivity index (χ1n) is 7.83. The van der Waals surface area contributed by atoms with Crippen LogP contribution in [0.5, 0.6) is 0 Å². The third-order valence-corrected chi connectivity index (χ3v) is 4.42. The molecule has 2 atom stereocenters. The number of amides is 1. The van der Waals surface area contributed by atoms with Crippen LogP contribution in [0.3, 0.4) is 0 Å². The number of aromatic nitrogens is 2. The summed E-state index contributed by atoms with van der Waals surface area (Å²) in [7, 11) is 0. The van der Waals surface area contributed by atoms with Crippen molar-refractivity contribution in [3.8, 4) is 0 Å². The topological polar surface area (TPSA) is 62.5 Å². The maximum Gasteiger partial charge on any atom is 0.406 e. The highest BCUT2D eigenvalue weighted by molar-refractivity contribution is 5.84. The minimum Gasteiger partial charge on any atom is -0.339 e. The molecule has 0 radical (unpaired) electrons. The van der Waals surface area contributed by atoms with Gasteiger partial charge >= 0.3 is 6.18 Å². The van der Waals surface area contributed by atoms with Crippen LogP contribution in [0, 0.1) is 0 Å². The molecule has 1 aromatic heterocycles. The van der Waals surface area contributed by atoms with Crippen LogP contribution in [0.1, 0.15) is 43.9 Å². The Labute approximate surface area is 131 Å². The summed E-state index contributed by atoms with van der Waals surface area (Å²) in [5, 5.41) is 3.96. The molecule has 23 heavy (non-hydrogen) atoms. The maximum atomic E-state index is 12.5. The predicted molar refractivity (Wildman–Crippen MR) is 73.4 cm³/mol. The first-order chi connectivity index (χ1) is 10.9. The lowest BCUT2D eigenvalue weighted by Gasteiger charge is -2.27. The molecular formula is C14H19F3N4O2. The van der Waals surface area contributed by atoms with E-state index in [0.29, 0.717) is 31.1 Å². The highest BCUT2D eigenvalue weighted by Gasteiger charge is 2.45. The summed E-state index contributed by atoms with van der Waals surface area (Å²) < 4.78 is 42.7. The second-order valence-corrected chi connectivity index (χ2v) is 5.98. The van der Waals surface area contributed by atoms with Gasteiger partial charge in [0.15, 0.2) is 5.82 Å². The van der Waals surface area contributed by atoms with E-state index in [1.165, 1.54) is 0 Å². The molecule has 6 nitrogen and oxygen atoms in total. The average Bonchev–Trinajstić information content (AvgIpc) is 3.17. The zero-order valence-corrected chi connectivity index (χ0v) is 12.8. The summed E-state index contributed by atoms with van der Waals surface area (Å²) in [5.74, 6) is 0.609. The molecule has 0 aliphatic carbocycles. The van der Waals surface area contributed by atoms with Crippen LogP contribution in [0.2, 0.25) is 0 Å². The van der Waals surface area contributed by atoms with Gasteiger partial charge in [0.05, 0.1) is 12.1 Å². The second kappa shape index (κ2) is 6.10. The van der Waals surface area contributed by atoms with E-state index in [1.807, 2.05) is 11.8 Å². The molecule has 3 rings (SSSR count). The molecule has 2 saturated heterocycles. The van der Waals surface area contributed by atoms with E-state index in [-0.39, 0.29) is 12.6 Å². The van der Waals surface area contributed by atoms with Gasteiger partial charge in [0.1, 0.15) is 6.54 Å². The van der Waals surface area contributed by atoms with Crippen molar-refractivity contribution in [3.05, 3.63) is 11.7 Å². The van der Waals surface area contributed by atoms with E-state index < -0.39 is 24.7 Å². The lowest BCUT2D eigenvalue weighted by molar-refractivity contribution is -0.159. The van der Waals surface area contributed by atoms with Gasteiger partial charge < -0.3 is 9.42 Å². The van der Waals surface area contributed by atoms with Crippen LogP contribution in [-0.2, 0) is 11.2 Å². The molecule has 3 heterocycles. The Morgan fingerprint density at radius 2 is 2.04 bits per heavy atom. The number of carbonyl (C=O) groups is 1. The molecule has 0 aromatic carbocycles. The molecule has 0 N–H and O–H groups in total. The molecule has 2 unspecified atom stereocenters. The number of nitrogens with zero attached hydrogens (tertiary/aromatic N) is 4. The van der Waals surface area contributed by atoms with Gasteiger partial charge in [-0.25, -0.2) is 0 Å². The van der Waals surface area contributed by atoms with Gasteiger partial charge in [0, 0.05) is 13.0 Å². The smallest absolute Gasteiger partial charge is 0.339 e. The molecule has 1 amide bonds. The fraction of sp³-hybridized carbons (Fsp3) is 0.786. The Morgan fingerprint density at radius 3 is 2.70 bits per heavy atom. The molecular weight excluding hydrogens is 313 g/mol. The van der Waals surface area contributed by atoms with E-state index in [2.05, 4.69) is 10.1 Å². The number of carbonyl (C=O) groups excluding carboxylic acids is 1. The van der Waals surface area contributed by atoms with E-state index in [1.54, 1.807) is 0 Å². The number of halogens is 3. The second-order valence-electron chi connectivity index (χ2n) is 5.98. The first-order valence-corrected chi connectivity index (χ1v) is 7.83. The molecule has 0 bridgehead atoms. The van der Waals surface area contributed by atoms with Gasteiger partial charge in [-0.05, 0) is 25.8 Å². The molecule has 2 fully saturated rings. The van der Waals surface area contributed by atoms with Crippen LogP contribution in [0.15, 0.2) is 4.52 Å². The van der Waals surface area contributed by atoms with Crippen molar-refractivity contribution in [3.63, 3.8) is 0 Å². The lowest BCUT2D eigenvalue weighted by atomic mass is 10.1. The number of rotatable bonds is 4. The minimum absolute atomic E-state index is 0.138. The fourth-order valence-electron chi connectivity index (χ4n) is 3.39. The zero-order valence-electron chi connectivity index (χ0n) is 12.8. The zero-order chi connectivity index (χ0) is 16.6. The maximum absolute atomic E-state index is 12.5. The molecule has 2 aliphatic rings. The van der Waals surface area contributed by atoms with Gasteiger partial charge in [-0.15, -0.1) is 0 Å². The normalized spacial score (nSPS) is 26.4. The molecule has 2 aliphatic heterocycles. The first kappa shape index (κ1) is 16.2. The van der Waals surface area contributed by atoms with Gasteiger partial charge in [0.25, 0.3) is 0 Å². The number of aryl methyl sites for hydroxylation is 1. The third kappa shape index (κ3) is 3.34.